The first-order chi connectivity index (χ1) is 15.6. The summed E-state index contributed by atoms with van der Waals surface area (Å²) < 4.78 is 35.9. The minimum absolute atomic E-state index is 0.00851. The van der Waals surface area contributed by atoms with E-state index in [0.717, 1.165) is 0 Å². The standard InChI is InChI=1S/C22H29ClN4O5S/c1-4-16-17(18-10-15(23)12-26(3)21(18)28)6-5-7-20(16)33(30,31)25-19(11-24)22(29)27-8-9-32-13-14(27)2/h5-7,10,12,14,19,25H,4,8-9,11,13,24H2,1-3H3/t14-,19-/m0/s1. The number of rotatable bonds is 7. The molecule has 11 heteroatoms. The molecule has 3 N–H and O–H groups in total. The summed E-state index contributed by atoms with van der Waals surface area (Å²) in [5, 5.41) is 0.356. The van der Waals surface area contributed by atoms with Crippen LogP contribution in [-0.4, -0.2) is 62.2 Å². The Morgan fingerprint density at radius 2 is 2.09 bits per heavy atom. The Kier molecular flexibility index (Phi) is 7.96. The molecule has 0 unspecified atom stereocenters. The third-order valence-electron chi connectivity index (χ3n) is 5.70. The predicted octanol–water partition coefficient (Wildman–Crippen LogP) is 1.12. The molecule has 3 rings (SSSR count). The summed E-state index contributed by atoms with van der Waals surface area (Å²) in [5.74, 6) is -0.394. The van der Waals surface area contributed by atoms with E-state index in [0.29, 0.717) is 47.9 Å². The number of aromatic nitrogens is 1. The molecule has 1 aromatic heterocycles. The highest BCUT2D eigenvalue weighted by Crippen LogP contribution is 2.29. The van der Waals surface area contributed by atoms with Crippen molar-refractivity contribution in [2.45, 2.75) is 37.2 Å². The number of aryl methyl sites for hydroxylation is 1. The molecule has 2 atom stereocenters. The van der Waals surface area contributed by atoms with Crippen LogP contribution in [0.15, 0.2) is 40.2 Å². The third-order valence-corrected chi connectivity index (χ3v) is 7.46. The summed E-state index contributed by atoms with van der Waals surface area (Å²) in [4.78, 5) is 27.3. The molecule has 33 heavy (non-hydrogen) atoms. The van der Waals surface area contributed by atoms with Crippen LogP contribution in [0.5, 0.6) is 0 Å². The maximum Gasteiger partial charge on any atom is 0.258 e. The minimum Gasteiger partial charge on any atom is -0.377 e. The number of ether oxygens (including phenoxy) is 1. The molecule has 0 radical (unpaired) electrons. The molecule has 1 amide bonds. The van der Waals surface area contributed by atoms with Crippen molar-refractivity contribution in [2.75, 3.05) is 26.3 Å². The summed E-state index contributed by atoms with van der Waals surface area (Å²) in [6, 6.07) is 4.92. The van der Waals surface area contributed by atoms with Crippen molar-refractivity contribution in [1.82, 2.24) is 14.2 Å². The van der Waals surface area contributed by atoms with Gasteiger partial charge in [-0.1, -0.05) is 30.7 Å². The predicted molar refractivity (Wildman–Crippen MR) is 127 cm³/mol. The summed E-state index contributed by atoms with van der Waals surface area (Å²) in [5.41, 5.74) is 6.72. The van der Waals surface area contributed by atoms with E-state index in [2.05, 4.69) is 4.72 Å². The van der Waals surface area contributed by atoms with E-state index >= 15 is 0 Å². The van der Waals surface area contributed by atoms with E-state index in [9.17, 15) is 18.0 Å². The number of benzene rings is 1. The van der Waals surface area contributed by atoms with Crippen LogP contribution in [0.2, 0.25) is 5.02 Å². The number of hydrogen-bond donors (Lipinski definition) is 2. The second kappa shape index (κ2) is 10.4. The maximum absolute atomic E-state index is 13.4. The number of pyridine rings is 1. The molecule has 1 fully saturated rings. The Balaban J connectivity index is 2.01. The van der Waals surface area contributed by atoms with Gasteiger partial charge in [0.15, 0.2) is 0 Å². The number of hydrogen-bond acceptors (Lipinski definition) is 6. The second-order valence-corrected chi connectivity index (χ2v) is 10.1. The van der Waals surface area contributed by atoms with E-state index in [4.69, 9.17) is 22.1 Å². The first kappa shape index (κ1) is 25.4. The fraction of sp³-hybridized carbons (Fsp3) is 0.455. The lowest BCUT2D eigenvalue weighted by molar-refractivity contribution is -0.140. The summed E-state index contributed by atoms with van der Waals surface area (Å²) in [6.45, 7) is 4.57. The molecule has 180 valence electrons. The number of morpholine rings is 1. The molecule has 1 saturated heterocycles. The van der Waals surface area contributed by atoms with E-state index in [1.807, 2.05) is 6.92 Å². The number of nitrogens with two attached hydrogens (primary N) is 1. The van der Waals surface area contributed by atoms with Gasteiger partial charge in [-0.2, -0.15) is 4.72 Å². The molecule has 0 aliphatic carbocycles. The van der Waals surface area contributed by atoms with Crippen molar-refractivity contribution in [2.24, 2.45) is 12.8 Å². The van der Waals surface area contributed by atoms with E-state index in [-0.39, 0.29) is 23.0 Å². The van der Waals surface area contributed by atoms with Gasteiger partial charge in [0.1, 0.15) is 6.04 Å². The van der Waals surface area contributed by atoms with Gasteiger partial charge in [0, 0.05) is 31.9 Å². The van der Waals surface area contributed by atoms with Crippen LogP contribution in [0.1, 0.15) is 19.4 Å². The first-order valence-corrected chi connectivity index (χ1v) is 12.6. The quantitative estimate of drug-likeness (QED) is 0.592. The number of amides is 1. The lowest BCUT2D eigenvalue weighted by Crippen LogP contribution is -2.57. The fourth-order valence-electron chi connectivity index (χ4n) is 4.00. The van der Waals surface area contributed by atoms with Crippen LogP contribution in [0, 0.1) is 0 Å². The van der Waals surface area contributed by atoms with E-state index in [1.54, 1.807) is 31.0 Å². The highest BCUT2D eigenvalue weighted by Gasteiger charge is 2.33. The number of halogens is 1. The van der Waals surface area contributed by atoms with Crippen molar-refractivity contribution in [1.29, 1.82) is 0 Å². The van der Waals surface area contributed by atoms with Crippen LogP contribution in [0.25, 0.3) is 11.1 Å². The Labute approximate surface area is 198 Å². The van der Waals surface area contributed by atoms with Crippen LogP contribution in [-0.2, 0) is 33.0 Å². The van der Waals surface area contributed by atoms with Gasteiger partial charge in [-0.25, -0.2) is 8.42 Å². The normalized spacial score (nSPS) is 17.7. The molecular formula is C22H29ClN4O5S. The highest BCUT2D eigenvalue weighted by atomic mass is 35.5. The molecule has 0 saturated carbocycles. The zero-order valence-electron chi connectivity index (χ0n) is 18.9. The van der Waals surface area contributed by atoms with E-state index in [1.165, 1.54) is 22.9 Å². The van der Waals surface area contributed by atoms with Gasteiger partial charge in [0.25, 0.3) is 5.56 Å². The van der Waals surface area contributed by atoms with Crippen molar-refractivity contribution in [3.8, 4) is 11.1 Å². The summed E-state index contributed by atoms with van der Waals surface area (Å²) in [6.07, 6.45) is 1.83. The van der Waals surface area contributed by atoms with Crippen LogP contribution in [0.3, 0.4) is 0 Å². The Bertz CT molecular complexity index is 1200. The van der Waals surface area contributed by atoms with Gasteiger partial charge in [0.2, 0.25) is 15.9 Å². The molecule has 2 aromatic rings. The molecule has 0 bridgehead atoms. The Hall–Kier alpha value is -2.24. The van der Waals surface area contributed by atoms with Crippen molar-refractivity contribution in [3.63, 3.8) is 0 Å². The molecule has 9 nitrogen and oxygen atoms in total. The largest absolute Gasteiger partial charge is 0.377 e. The van der Waals surface area contributed by atoms with Gasteiger partial charge in [-0.05, 0) is 36.6 Å². The van der Waals surface area contributed by atoms with Crippen LogP contribution < -0.4 is 16.0 Å². The molecular weight excluding hydrogens is 468 g/mol. The number of carbonyl (C=O) groups is 1. The topological polar surface area (TPSA) is 124 Å². The van der Waals surface area contributed by atoms with E-state index < -0.39 is 22.0 Å². The molecule has 1 aliphatic rings. The monoisotopic (exact) mass is 496 g/mol. The number of sulfonamides is 1. The third kappa shape index (κ3) is 5.30. The van der Waals surface area contributed by atoms with Crippen LogP contribution in [0.4, 0.5) is 0 Å². The number of carbonyl (C=O) groups excluding carboxylic acids is 1. The average Bonchev–Trinajstić information content (AvgIpc) is 2.79. The highest BCUT2D eigenvalue weighted by molar-refractivity contribution is 7.89. The average molecular weight is 497 g/mol. The minimum atomic E-state index is -4.13. The van der Waals surface area contributed by atoms with Crippen LogP contribution >= 0.6 is 11.6 Å². The lowest BCUT2D eigenvalue weighted by atomic mass is 9.99. The molecule has 1 aromatic carbocycles. The van der Waals surface area contributed by atoms with Crippen molar-refractivity contribution >= 4 is 27.5 Å². The van der Waals surface area contributed by atoms with Crippen molar-refractivity contribution < 1.29 is 17.9 Å². The number of nitrogens with zero attached hydrogens (tertiary/aromatic N) is 2. The zero-order chi connectivity index (χ0) is 24.3. The zero-order valence-corrected chi connectivity index (χ0v) is 20.4. The fourth-order valence-corrected chi connectivity index (χ4v) is 5.79. The Morgan fingerprint density at radius 1 is 1.36 bits per heavy atom. The summed E-state index contributed by atoms with van der Waals surface area (Å²) >= 11 is 6.15. The van der Waals surface area contributed by atoms with Gasteiger partial charge >= 0.3 is 0 Å². The van der Waals surface area contributed by atoms with Gasteiger partial charge in [0.05, 0.1) is 29.2 Å². The SMILES string of the molecule is CCc1c(-c2cc(Cl)cn(C)c2=O)cccc1S(=O)(=O)N[C@@H](CN)C(=O)N1CCOC[C@@H]1C. The number of nitrogens with one attached hydrogen (secondary N) is 1. The lowest BCUT2D eigenvalue weighted by Gasteiger charge is -2.35. The molecule has 2 heterocycles. The van der Waals surface area contributed by atoms with Crippen molar-refractivity contribution in [3.05, 3.63) is 51.4 Å². The van der Waals surface area contributed by atoms with Gasteiger partial charge in [-0.3, -0.25) is 9.59 Å². The second-order valence-electron chi connectivity index (χ2n) is 7.99. The molecule has 1 aliphatic heterocycles. The van der Waals surface area contributed by atoms with Gasteiger partial charge < -0.3 is 19.9 Å². The summed E-state index contributed by atoms with van der Waals surface area (Å²) in [7, 11) is -2.55. The Morgan fingerprint density at radius 3 is 2.73 bits per heavy atom. The maximum atomic E-state index is 13.4. The smallest absolute Gasteiger partial charge is 0.258 e. The van der Waals surface area contributed by atoms with Gasteiger partial charge in [-0.15, -0.1) is 0 Å². The molecule has 0 spiro atoms. The first-order valence-electron chi connectivity index (χ1n) is 10.7.